The molecule has 1 aliphatic heterocycles. The van der Waals surface area contributed by atoms with Crippen LogP contribution in [0, 0.1) is 0 Å². The zero-order valence-corrected chi connectivity index (χ0v) is 11.7. The van der Waals surface area contributed by atoms with Crippen LogP contribution in [0.2, 0.25) is 0 Å². The monoisotopic (exact) mass is 261 g/mol. The van der Waals surface area contributed by atoms with E-state index in [2.05, 4.69) is 53.9 Å². The van der Waals surface area contributed by atoms with Crippen molar-refractivity contribution in [1.82, 2.24) is 4.90 Å². The summed E-state index contributed by atoms with van der Waals surface area (Å²) in [5.41, 5.74) is 7.48. The lowest BCUT2D eigenvalue weighted by Crippen LogP contribution is -2.38. The molecule has 2 aromatic carbocycles. The van der Waals surface area contributed by atoms with Crippen molar-refractivity contribution in [2.24, 2.45) is 0 Å². The number of nitrogens with zero attached hydrogens (tertiary/aromatic N) is 1. The molecule has 20 heavy (non-hydrogen) atoms. The molecule has 100 valence electrons. The van der Waals surface area contributed by atoms with E-state index < -0.39 is 0 Å². The van der Waals surface area contributed by atoms with Crippen LogP contribution >= 0.6 is 0 Å². The van der Waals surface area contributed by atoms with Crippen molar-refractivity contribution < 1.29 is 0 Å². The Bertz CT molecular complexity index is 671. The Morgan fingerprint density at radius 2 is 1.85 bits per heavy atom. The van der Waals surface area contributed by atoms with E-state index in [1.807, 2.05) is 6.08 Å². The van der Waals surface area contributed by atoms with Gasteiger partial charge in [0.15, 0.2) is 0 Å². The molecule has 0 radical (unpaired) electrons. The van der Waals surface area contributed by atoms with Crippen LogP contribution in [-0.2, 0) is 12.8 Å². The maximum atomic E-state index is 3.92. The van der Waals surface area contributed by atoms with Crippen molar-refractivity contribution in [3.63, 3.8) is 0 Å². The van der Waals surface area contributed by atoms with Crippen LogP contribution in [0.1, 0.15) is 22.7 Å². The van der Waals surface area contributed by atoms with Crippen molar-refractivity contribution in [2.75, 3.05) is 13.1 Å². The molecule has 0 saturated carbocycles. The quantitative estimate of drug-likeness (QED) is 0.739. The minimum absolute atomic E-state index is 0.530. The standard InChI is InChI=1S/C19H19N/c1-2-11-20-12-10-14-7-5-9-17-16-8-4-3-6-15(16)13-18(20)19(14)17/h2-9,18H,1,10-13H2. The van der Waals surface area contributed by atoms with E-state index >= 15 is 0 Å². The molecule has 1 atom stereocenters. The predicted molar refractivity (Wildman–Crippen MR) is 83.8 cm³/mol. The average molecular weight is 261 g/mol. The van der Waals surface area contributed by atoms with E-state index in [0.29, 0.717) is 6.04 Å². The number of hydrogen-bond acceptors (Lipinski definition) is 1. The van der Waals surface area contributed by atoms with E-state index in [0.717, 1.165) is 25.9 Å². The van der Waals surface area contributed by atoms with Gasteiger partial charge in [-0.25, -0.2) is 0 Å². The topological polar surface area (TPSA) is 3.24 Å². The maximum Gasteiger partial charge on any atom is 0.0400 e. The Balaban J connectivity index is 1.93. The molecular weight excluding hydrogens is 242 g/mol. The normalized spacial score (nSPS) is 20.1. The van der Waals surface area contributed by atoms with Gasteiger partial charge in [-0.05, 0) is 40.7 Å². The molecule has 0 N–H and O–H groups in total. The zero-order valence-electron chi connectivity index (χ0n) is 11.7. The van der Waals surface area contributed by atoms with Gasteiger partial charge in [-0.1, -0.05) is 48.5 Å². The van der Waals surface area contributed by atoms with Crippen molar-refractivity contribution in [3.8, 4) is 11.1 Å². The summed E-state index contributed by atoms with van der Waals surface area (Å²) in [6, 6.07) is 16.2. The smallest absolute Gasteiger partial charge is 0.0400 e. The molecule has 1 aliphatic carbocycles. The molecule has 4 rings (SSSR count). The fourth-order valence-electron chi connectivity index (χ4n) is 3.85. The van der Waals surface area contributed by atoms with Gasteiger partial charge in [0.05, 0.1) is 0 Å². The van der Waals surface area contributed by atoms with Crippen LogP contribution in [0.5, 0.6) is 0 Å². The molecule has 0 bridgehead atoms. The van der Waals surface area contributed by atoms with Crippen molar-refractivity contribution in [1.29, 1.82) is 0 Å². The number of hydrogen-bond donors (Lipinski definition) is 0. The molecule has 1 nitrogen and oxygen atoms in total. The molecule has 2 aromatic rings. The second-order valence-electron chi connectivity index (χ2n) is 5.79. The highest BCUT2D eigenvalue weighted by Gasteiger charge is 2.33. The van der Waals surface area contributed by atoms with Crippen LogP contribution in [-0.4, -0.2) is 18.0 Å². The second kappa shape index (κ2) is 4.60. The van der Waals surface area contributed by atoms with Crippen molar-refractivity contribution in [3.05, 3.63) is 71.8 Å². The molecule has 1 unspecified atom stereocenters. The average Bonchev–Trinajstić information content (AvgIpc) is 2.50. The summed E-state index contributed by atoms with van der Waals surface area (Å²) in [4.78, 5) is 2.58. The fraction of sp³-hybridized carbons (Fsp3) is 0.263. The van der Waals surface area contributed by atoms with Gasteiger partial charge < -0.3 is 0 Å². The van der Waals surface area contributed by atoms with Crippen LogP contribution in [0.25, 0.3) is 11.1 Å². The summed E-state index contributed by atoms with van der Waals surface area (Å²) < 4.78 is 0. The molecule has 0 spiro atoms. The number of fused-ring (bicyclic) bond motifs is 2. The molecule has 0 amide bonds. The summed E-state index contributed by atoms with van der Waals surface area (Å²) in [5.74, 6) is 0. The molecule has 0 saturated heterocycles. The third-order valence-corrected chi connectivity index (χ3v) is 4.72. The first-order valence-electron chi connectivity index (χ1n) is 7.43. The third kappa shape index (κ3) is 1.66. The van der Waals surface area contributed by atoms with E-state index in [-0.39, 0.29) is 0 Å². The van der Waals surface area contributed by atoms with Crippen LogP contribution in [0.15, 0.2) is 55.1 Å². The van der Waals surface area contributed by atoms with Gasteiger partial charge in [-0.15, -0.1) is 6.58 Å². The molecule has 0 aromatic heterocycles. The lowest BCUT2D eigenvalue weighted by Gasteiger charge is -2.41. The summed E-state index contributed by atoms with van der Waals surface area (Å²) >= 11 is 0. The molecule has 0 fully saturated rings. The van der Waals surface area contributed by atoms with Crippen molar-refractivity contribution >= 4 is 0 Å². The third-order valence-electron chi connectivity index (χ3n) is 4.72. The van der Waals surface area contributed by atoms with Gasteiger partial charge in [-0.2, -0.15) is 0 Å². The van der Waals surface area contributed by atoms with E-state index in [1.165, 1.54) is 16.7 Å². The van der Waals surface area contributed by atoms with E-state index in [9.17, 15) is 0 Å². The Kier molecular flexibility index (Phi) is 2.75. The Morgan fingerprint density at radius 3 is 2.75 bits per heavy atom. The Hall–Kier alpha value is -1.86. The summed E-state index contributed by atoms with van der Waals surface area (Å²) in [6.45, 7) is 6.06. The van der Waals surface area contributed by atoms with Gasteiger partial charge in [-0.3, -0.25) is 4.90 Å². The van der Waals surface area contributed by atoms with Gasteiger partial charge in [0, 0.05) is 19.1 Å². The highest BCUT2D eigenvalue weighted by Crippen LogP contribution is 2.44. The first-order valence-corrected chi connectivity index (χ1v) is 7.43. The summed E-state index contributed by atoms with van der Waals surface area (Å²) in [6.07, 6.45) is 4.33. The summed E-state index contributed by atoms with van der Waals surface area (Å²) in [5, 5.41) is 0. The molecule has 1 heteroatoms. The predicted octanol–water partition coefficient (Wildman–Crippen LogP) is 3.99. The van der Waals surface area contributed by atoms with Crippen LogP contribution < -0.4 is 0 Å². The minimum atomic E-state index is 0.530. The SMILES string of the molecule is C=CCN1CCc2cccc3c2C1Cc1ccccc1-3. The number of rotatable bonds is 2. The molecule has 2 aliphatic rings. The van der Waals surface area contributed by atoms with Crippen molar-refractivity contribution in [2.45, 2.75) is 18.9 Å². The van der Waals surface area contributed by atoms with E-state index in [1.54, 1.807) is 11.1 Å². The maximum absolute atomic E-state index is 3.92. The minimum Gasteiger partial charge on any atom is -0.292 e. The van der Waals surface area contributed by atoms with Gasteiger partial charge in [0.2, 0.25) is 0 Å². The first-order chi connectivity index (χ1) is 9.88. The summed E-state index contributed by atoms with van der Waals surface area (Å²) in [7, 11) is 0. The largest absolute Gasteiger partial charge is 0.292 e. The molecular formula is C19H19N. The van der Waals surface area contributed by atoms with E-state index in [4.69, 9.17) is 0 Å². The first kappa shape index (κ1) is 11.9. The zero-order chi connectivity index (χ0) is 13.5. The van der Waals surface area contributed by atoms with Gasteiger partial charge >= 0.3 is 0 Å². The molecule has 1 heterocycles. The Morgan fingerprint density at radius 1 is 1.05 bits per heavy atom. The van der Waals surface area contributed by atoms with Crippen LogP contribution in [0.3, 0.4) is 0 Å². The fourth-order valence-corrected chi connectivity index (χ4v) is 3.85. The lowest BCUT2D eigenvalue weighted by molar-refractivity contribution is 0.203. The second-order valence-corrected chi connectivity index (χ2v) is 5.79. The number of benzene rings is 2. The Labute approximate surface area is 120 Å². The highest BCUT2D eigenvalue weighted by molar-refractivity contribution is 5.75. The van der Waals surface area contributed by atoms with Gasteiger partial charge in [0.1, 0.15) is 0 Å². The lowest BCUT2D eigenvalue weighted by atomic mass is 9.77. The highest BCUT2D eigenvalue weighted by atomic mass is 15.2. The van der Waals surface area contributed by atoms with Crippen LogP contribution in [0.4, 0.5) is 0 Å². The van der Waals surface area contributed by atoms with Gasteiger partial charge in [0.25, 0.3) is 0 Å².